The van der Waals surface area contributed by atoms with Gasteiger partial charge in [-0.3, -0.25) is 4.79 Å². The van der Waals surface area contributed by atoms with Crippen molar-refractivity contribution < 1.29 is 13.9 Å². The fourth-order valence-corrected chi connectivity index (χ4v) is 3.11. The minimum atomic E-state index is -0.501. The zero-order chi connectivity index (χ0) is 23.8. The SMILES string of the molecule is CC1=CN=C(Nc2cccc(NC(=O)/C=C/CN(C)C)c2)C=C(Oc2ccc(F)c(Cl)c2)C1. The van der Waals surface area contributed by atoms with Crippen molar-refractivity contribution in [2.75, 3.05) is 31.3 Å². The van der Waals surface area contributed by atoms with E-state index < -0.39 is 5.82 Å². The van der Waals surface area contributed by atoms with Crippen LogP contribution >= 0.6 is 11.6 Å². The van der Waals surface area contributed by atoms with Crippen molar-refractivity contribution in [2.45, 2.75) is 13.3 Å². The fraction of sp³-hybridized carbons (Fsp3) is 0.200. The number of aliphatic imine (C=N–C) groups is 1. The van der Waals surface area contributed by atoms with Crippen LogP contribution in [0.5, 0.6) is 5.75 Å². The van der Waals surface area contributed by atoms with Crippen LogP contribution in [0.1, 0.15) is 13.3 Å². The Kier molecular flexibility index (Phi) is 8.40. The van der Waals surface area contributed by atoms with E-state index in [1.807, 2.05) is 50.2 Å². The Bertz CT molecular complexity index is 1140. The molecule has 0 bridgehead atoms. The van der Waals surface area contributed by atoms with E-state index in [1.54, 1.807) is 18.4 Å². The van der Waals surface area contributed by atoms with Gasteiger partial charge in [0.1, 0.15) is 23.2 Å². The number of anilines is 2. The Balaban J connectivity index is 1.71. The molecule has 8 heteroatoms. The normalized spacial score (nSPS) is 13.8. The number of allylic oxidation sites excluding steroid dienone is 1. The number of benzene rings is 2. The van der Waals surface area contributed by atoms with E-state index in [4.69, 9.17) is 16.3 Å². The standard InChI is InChI=1S/C25H26ClFN4O2/c1-17-12-21(33-20-9-10-23(27)22(26)14-20)15-24(28-16-17)29-18-6-4-7-19(13-18)30-25(32)8-5-11-31(2)3/h4-10,13-16H,11-12H2,1-3H3,(H,28,29)(H,30,32)/b8-5+. The molecule has 0 radical (unpaired) electrons. The summed E-state index contributed by atoms with van der Waals surface area (Å²) in [5, 5.41) is 6.08. The Labute approximate surface area is 198 Å². The number of likely N-dealkylation sites (N-methyl/N-ethyl adjacent to an activating group) is 1. The fourth-order valence-electron chi connectivity index (χ4n) is 2.94. The number of hydrogen-bond acceptors (Lipinski definition) is 5. The van der Waals surface area contributed by atoms with Crippen LogP contribution in [-0.4, -0.2) is 37.3 Å². The summed E-state index contributed by atoms with van der Waals surface area (Å²) < 4.78 is 19.4. The van der Waals surface area contributed by atoms with Crippen LogP contribution in [0.15, 0.2) is 83.2 Å². The highest BCUT2D eigenvalue weighted by Gasteiger charge is 2.11. The molecule has 2 N–H and O–H groups in total. The van der Waals surface area contributed by atoms with Gasteiger partial charge in [0.2, 0.25) is 5.91 Å². The Morgan fingerprint density at radius 1 is 1.24 bits per heavy atom. The quantitative estimate of drug-likeness (QED) is 0.518. The summed E-state index contributed by atoms with van der Waals surface area (Å²) in [4.78, 5) is 18.5. The first-order valence-electron chi connectivity index (χ1n) is 10.3. The molecule has 33 heavy (non-hydrogen) atoms. The summed E-state index contributed by atoms with van der Waals surface area (Å²) in [6.45, 7) is 2.63. The summed E-state index contributed by atoms with van der Waals surface area (Å²) in [6.07, 6.45) is 7.39. The number of nitrogens with one attached hydrogen (secondary N) is 2. The molecule has 1 amide bonds. The van der Waals surface area contributed by atoms with Gasteiger partial charge in [0.05, 0.1) is 5.02 Å². The van der Waals surface area contributed by atoms with Crippen LogP contribution in [0.25, 0.3) is 0 Å². The van der Waals surface area contributed by atoms with Crippen molar-refractivity contribution in [2.24, 2.45) is 4.99 Å². The van der Waals surface area contributed by atoms with E-state index in [0.29, 0.717) is 36.0 Å². The molecular weight excluding hydrogens is 443 g/mol. The number of amides is 1. The smallest absolute Gasteiger partial charge is 0.248 e. The third-order valence-corrected chi connectivity index (χ3v) is 4.75. The lowest BCUT2D eigenvalue weighted by atomic mass is 10.2. The zero-order valence-corrected chi connectivity index (χ0v) is 19.5. The van der Waals surface area contributed by atoms with Crippen molar-refractivity contribution in [1.29, 1.82) is 0 Å². The van der Waals surface area contributed by atoms with E-state index in [0.717, 1.165) is 11.3 Å². The maximum absolute atomic E-state index is 13.4. The van der Waals surface area contributed by atoms with Crippen LogP contribution < -0.4 is 15.4 Å². The predicted octanol–water partition coefficient (Wildman–Crippen LogP) is 5.62. The molecule has 0 saturated heterocycles. The monoisotopic (exact) mass is 468 g/mol. The first kappa shape index (κ1) is 24.2. The van der Waals surface area contributed by atoms with Gasteiger partial charge in [-0.05, 0) is 56.9 Å². The number of halogens is 2. The summed E-state index contributed by atoms with van der Waals surface area (Å²) in [7, 11) is 3.87. The molecule has 0 fully saturated rings. The highest BCUT2D eigenvalue weighted by Crippen LogP contribution is 2.25. The maximum Gasteiger partial charge on any atom is 0.248 e. The van der Waals surface area contributed by atoms with E-state index in [1.165, 1.54) is 24.3 Å². The lowest BCUT2D eigenvalue weighted by Crippen LogP contribution is -2.13. The van der Waals surface area contributed by atoms with Gasteiger partial charge in [-0.15, -0.1) is 0 Å². The van der Waals surface area contributed by atoms with Crippen molar-refractivity contribution in [3.8, 4) is 5.75 Å². The minimum Gasteiger partial charge on any atom is -0.461 e. The van der Waals surface area contributed by atoms with Crippen molar-refractivity contribution >= 4 is 34.7 Å². The molecule has 1 heterocycles. The molecule has 0 unspecified atom stereocenters. The number of hydrogen-bond donors (Lipinski definition) is 2. The van der Waals surface area contributed by atoms with Gasteiger partial charge < -0.3 is 20.3 Å². The second-order valence-corrected chi connectivity index (χ2v) is 8.22. The molecule has 2 aromatic rings. The largest absolute Gasteiger partial charge is 0.461 e. The van der Waals surface area contributed by atoms with Gasteiger partial charge >= 0.3 is 0 Å². The molecule has 1 aliphatic heterocycles. The summed E-state index contributed by atoms with van der Waals surface area (Å²) >= 11 is 5.86. The van der Waals surface area contributed by atoms with Crippen LogP contribution in [0.3, 0.4) is 0 Å². The van der Waals surface area contributed by atoms with Crippen LogP contribution in [-0.2, 0) is 4.79 Å². The third kappa shape index (κ3) is 7.89. The first-order chi connectivity index (χ1) is 15.8. The zero-order valence-electron chi connectivity index (χ0n) is 18.7. The van der Waals surface area contributed by atoms with E-state index in [2.05, 4.69) is 15.6 Å². The van der Waals surface area contributed by atoms with Crippen LogP contribution in [0.4, 0.5) is 15.8 Å². The molecule has 172 valence electrons. The topological polar surface area (TPSA) is 66.0 Å². The Hall–Kier alpha value is -3.42. The van der Waals surface area contributed by atoms with Gasteiger partial charge in [0.25, 0.3) is 0 Å². The van der Waals surface area contributed by atoms with Gasteiger partial charge in [-0.1, -0.05) is 23.7 Å². The Morgan fingerprint density at radius 3 is 2.79 bits per heavy atom. The highest BCUT2D eigenvalue weighted by molar-refractivity contribution is 6.30. The average molecular weight is 469 g/mol. The molecular formula is C25H26ClFN4O2. The predicted molar refractivity (Wildman–Crippen MR) is 132 cm³/mol. The summed E-state index contributed by atoms with van der Waals surface area (Å²) in [5.74, 6) is 0.927. The highest BCUT2D eigenvalue weighted by atomic mass is 35.5. The number of rotatable bonds is 7. The molecule has 0 aliphatic carbocycles. The van der Waals surface area contributed by atoms with Crippen molar-refractivity contribution in [3.63, 3.8) is 0 Å². The van der Waals surface area contributed by atoms with Crippen LogP contribution in [0.2, 0.25) is 5.02 Å². The van der Waals surface area contributed by atoms with Crippen molar-refractivity contribution in [1.82, 2.24) is 4.90 Å². The van der Waals surface area contributed by atoms with E-state index in [9.17, 15) is 9.18 Å². The molecule has 3 rings (SSSR count). The second kappa shape index (κ2) is 11.4. The van der Waals surface area contributed by atoms with Gasteiger partial charge in [-0.25, -0.2) is 9.38 Å². The molecule has 1 aliphatic rings. The second-order valence-electron chi connectivity index (χ2n) is 7.81. The van der Waals surface area contributed by atoms with Gasteiger partial charge in [0.15, 0.2) is 0 Å². The van der Waals surface area contributed by atoms with E-state index in [-0.39, 0.29) is 10.9 Å². The molecule has 6 nitrogen and oxygen atoms in total. The van der Waals surface area contributed by atoms with Gasteiger partial charge in [0, 0.05) is 48.8 Å². The number of amidine groups is 1. The summed E-state index contributed by atoms with van der Waals surface area (Å²) in [6, 6.07) is 11.6. The lowest BCUT2D eigenvalue weighted by Gasteiger charge is -2.12. The number of nitrogens with zero attached hydrogens (tertiary/aromatic N) is 2. The van der Waals surface area contributed by atoms with Crippen molar-refractivity contribution in [3.05, 3.63) is 89.1 Å². The van der Waals surface area contributed by atoms with E-state index >= 15 is 0 Å². The maximum atomic E-state index is 13.4. The number of carbonyl (C=O) groups excluding carboxylic acids is 1. The molecule has 2 aromatic carbocycles. The first-order valence-corrected chi connectivity index (χ1v) is 10.7. The average Bonchev–Trinajstić information content (AvgIpc) is 2.91. The number of ether oxygens (including phenoxy) is 1. The molecule has 0 spiro atoms. The number of carbonyl (C=O) groups is 1. The third-order valence-electron chi connectivity index (χ3n) is 4.46. The Morgan fingerprint density at radius 2 is 2.03 bits per heavy atom. The van der Waals surface area contributed by atoms with Crippen LogP contribution in [0, 0.1) is 5.82 Å². The molecule has 0 saturated carbocycles. The molecule has 0 aromatic heterocycles. The lowest BCUT2D eigenvalue weighted by molar-refractivity contribution is -0.111. The molecule has 0 atom stereocenters. The summed E-state index contributed by atoms with van der Waals surface area (Å²) in [5.41, 5.74) is 2.40. The minimum absolute atomic E-state index is 0.00331. The van der Waals surface area contributed by atoms with Gasteiger partial charge in [-0.2, -0.15) is 0 Å².